The molecule has 4 nitrogen and oxygen atoms in total. The summed E-state index contributed by atoms with van der Waals surface area (Å²) in [5.74, 6) is -0.546. The van der Waals surface area contributed by atoms with Gasteiger partial charge in [-0.05, 0) is 24.5 Å². The van der Waals surface area contributed by atoms with Crippen LogP contribution in [0.2, 0.25) is 0 Å². The number of hydrogen-bond acceptors (Lipinski definition) is 3. The molecule has 0 radical (unpaired) electrons. The van der Waals surface area contributed by atoms with Crippen molar-refractivity contribution in [2.24, 2.45) is 0 Å². The SMILES string of the molecule is C=CC(=O)N1CCCC1C(=O)OCc1ccccc1. The van der Waals surface area contributed by atoms with Crippen LogP contribution in [-0.4, -0.2) is 29.4 Å². The van der Waals surface area contributed by atoms with Gasteiger partial charge in [-0.3, -0.25) is 4.79 Å². The van der Waals surface area contributed by atoms with Gasteiger partial charge in [-0.25, -0.2) is 4.79 Å². The van der Waals surface area contributed by atoms with Gasteiger partial charge in [0, 0.05) is 6.54 Å². The number of likely N-dealkylation sites (tertiary alicyclic amines) is 1. The van der Waals surface area contributed by atoms with Crippen molar-refractivity contribution in [3.63, 3.8) is 0 Å². The highest BCUT2D eigenvalue weighted by molar-refractivity contribution is 5.91. The number of amides is 1. The molecule has 1 aliphatic rings. The molecule has 1 unspecified atom stereocenters. The summed E-state index contributed by atoms with van der Waals surface area (Å²) < 4.78 is 5.27. The van der Waals surface area contributed by atoms with Gasteiger partial charge in [0.25, 0.3) is 0 Å². The molecule has 1 fully saturated rings. The van der Waals surface area contributed by atoms with E-state index in [9.17, 15) is 9.59 Å². The number of benzene rings is 1. The Bertz CT molecular complexity index is 470. The fraction of sp³-hybridized carbons (Fsp3) is 0.333. The quantitative estimate of drug-likeness (QED) is 0.613. The Morgan fingerprint density at radius 3 is 2.79 bits per heavy atom. The third-order valence-corrected chi connectivity index (χ3v) is 3.21. The maximum absolute atomic E-state index is 12.0. The zero-order valence-corrected chi connectivity index (χ0v) is 10.7. The monoisotopic (exact) mass is 259 g/mol. The first-order valence-corrected chi connectivity index (χ1v) is 6.36. The van der Waals surface area contributed by atoms with Crippen molar-refractivity contribution in [2.45, 2.75) is 25.5 Å². The van der Waals surface area contributed by atoms with Crippen LogP contribution in [0.3, 0.4) is 0 Å². The van der Waals surface area contributed by atoms with E-state index in [-0.39, 0.29) is 18.5 Å². The number of ether oxygens (including phenoxy) is 1. The Labute approximate surface area is 112 Å². The van der Waals surface area contributed by atoms with E-state index in [2.05, 4.69) is 6.58 Å². The van der Waals surface area contributed by atoms with E-state index in [4.69, 9.17) is 4.74 Å². The third-order valence-electron chi connectivity index (χ3n) is 3.21. The van der Waals surface area contributed by atoms with Crippen molar-refractivity contribution in [1.29, 1.82) is 0 Å². The lowest BCUT2D eigenvalue weighted by Gasteiger charge is -2.21. The topological polar surface area (TPSA) is 46.6 Å². The van der Waals surface area contributed by atoms with Gasteiger partial charge in [-0.15, -0.1) is 0 Å². The Hall–Kier alpha value is -2.10. The van der Waals surface area contributed by atoms with Gasteiger partial charge >= 0.3 is 5.97 Å². The number of carbonyl (C=O) groups excluding carboxylic acids is 2. The molecule has 1 amide bonds. The van der Waals surface area contributed by atoms with Crippen LogP contribution >= 0.6 is 0 Å². The van der Waals surface area contributed by atoms with Crippen LogP contribution in [0.4, 0.5) is 0 Å². The highest BCUT2D eigenvalue weighted by atomic mass is 16.5. The fourth-order valence-corrected chi connectivity index (χ4v) is 2.22. The van der Waals surface area contributed by atoms with E-state index in [1.165, 1.54) is 11.0 Å². The van der Waals surface area contributed by atoms with Gasteiger partial charge in [-0.1, -0.05) is 36.9 Å². The highest BCUT2D eigenvalue weighted by Gasteiger charge is 2.34. The average molecular weight is 259 g/mol. The summed E-state index contributed by atoms with van der Waals surface area (Å²) >= 11 is 0. The Kier molecular flexibility index (Phi) is 4.34. The summed E-state index contributed by atoms with van der Waals surface area (Å²) in [7, 11) is 0. The minimum Gasteiger partial charge on any atom is -0.459 e. The minimum absolute atomic E-state index is 0.209. The molecule has 0 aliphatic carbocycles. The van der Waals surface area contributed by atoms with Gasteiger partial charge < -0.3 is 9.64 Å². The van der Waals surface area contributed by atoms with Gasteiger partial charge in [0.15, 0.2) is 0 Å². The van der Waals surface area contributed by atoms with E-state index < -0.39 is 6.04 Å². The summed E-state index contributed by atoms with van der Waals surface area (Å²) in [6.07, 6.45) is 2.72. The molecule has 1 saturated heterocycles. The first-order valence-electron chi connectivity index (χ1n) is 6.36. The summed E-state index contributed by atoms with van der Waals surface area (Å²) in [5, 5.41) is 0. The van der Waals surface area contributed by atoms with Crippen molar-refractivity contribution >= 4 is 11.9 Å². The summed E-state index contributed by atoms with van der Waals surface area (Å²) in [4.78, 5) is 25.1. The van der Waals surface area contributed by atoms with Crippen LogP contribution < -0.4 is 0 Å². The maximum atomic E-state index is 12.0. The number of rotatable bonds is 4. The molecule has 0 N–H and O–H groups in total. The van der Waals surface area contributed by atoms with Crippen LogP contribution in [0.5, 0.6) is 0 Å². The normalized spacial score (nSPS) is 18.1. The minimum atomic E-state index is -0.464. The second-order valence-corrected chi connectivity index (χ2v) is 4.49. The zero-order chi connectivity index (χ0) is 13.7. The molecule has 4 heteroatoms. The lowest BCUT2D eigenvalue weighted by atomic mass is 10.2. The molecule has 0 spiro atoms. The molecular weight excluding hydrogens is 242 g/mol. The zero-order valence-electron chi connectivity index (χ0n) is 10.7. The van der Waals surface area contributed by atoms with Gasteiger partial charge in [0.05, 0.1) is 0 Å². The molecular formula is C15H17NO3. The number of hydrogen-bond donors (Lipinski definition) is 0. The van der Waals surface area contributed by atoms with Gasteiger partial charge in [-0.2, -0.15) is 0 Å². The van der Waals surface area contributed by atoms with Crippen molar-refractivity contribution in [2.75, 3.05) is 6.54 Å². The second-order valence-electron chi connectivity index (χ2n) is 4.49. The van der Waals surface area contributed by atoms with E-state index in [0.29, 0.717) is 13.0 Å². The van der Waals surface area contributed by atoms with Crippen molar-refractivity contribution in [1.82, 2.24) is 4.90 Å². The fourth-order valence-electron chi connectivity index (χ4n) is 2.22. The van der Waals surface area contributed by atoms with Crippen LogP contribution in [0.1, 0.15) is 18.4 Å². The molecule has 1 atom stereocenters. The summed E-state index contributed by atoms with van der Waals surface area (Å²) in [6.45, 7) is 4.28. The van der Waals surface area contributed by atoms with E-state index >= 15 is 0 Å². The molecule has 0 saturated carbocycles. The highest BCUT2D eigenvalue weighted by Crippen LogP contribution is 2.19. The van der Waals surface area contributed by atoms with E-state index in [1.54, 1.807) is 0 Å². The molecule has 0 bridgehead atoms. The standard InChI is InChI=1S/C15H17NO3/c1-2-14(17)16-10-6-9-13(16)15(18)19-11-12-7-4-3-5-8-12/h2-5,7-8,13H,1,6,9-11H2. The van der Waals surface area contributed by atoms with Crippen LogP contribution in [0.25, 0.3) is 0 Å². The summed E-state index contributed by atoms with van der Waals surface area (Å²) in [5.41, 5.74) is 0.940. The number of nitrogens with zero attached hydrogens (tertiary/aromatic N) is 1. The van der Waals surface area contributed by atoms with Gasteiger partial charge in [0.1, 0.15) is 12.6 Å². The summed E-state index contributed by atoms with van der Waals surface area (Å²) in [6, 6.07) is 9.03. The molecule has 1 heterocycles. The van der Waals surface area contributed by atoms with E-state index in [0.717, 1.165) is 12.0 Å². The molecule has 0 aromatic heterocycles. The number of esters is 1. The Balaban J connectivity index is 1.92. The molecule has 2 rings (SSSR count). The lowest BCUT2D eigenvalue weighted by molar-refractivity contribution is -0.153. The lowest BCUT2D eigenvalue weighted by Crippen LogP contribution is -2.40. The first kappa shape index (κ1) is 13.3. The first-order chi connectivity index (χ1) is 9.22. The number of carbonyl (C=O) groups is 2. The van der Waals surface area contributed by atoms with Crippen molar-refractivity contribution in [3.05, 3.63) is 48.6 Å². The van der Waals surface area contributed by atoms with Crippen LogP contribution in [0, 0.1) is 0 Å². The molecule has 1 aliphatic heterocycles. The third kappa shape index (κ3) is 3.22. The molecule has 1 aromatic carbocycles. The predicted octanol–water partition coefficient (Wildman–Crippen LogP) is 1.91. The largest absolute Gasteiger partial charge is 0.459 e. The average Bonchev–Trinajstić information content (AvgIpc) is 2.94. The van der Waals surface area contributed by atoms with Crippen LogP contribution in [0.15, 0.2) is 43.0 Å². The molecule has 19 heavy (non-hydrogen) atoms. The Morgan fingerprint density at radius 2 is 2.11 bits per heavy atom. The van der Waals surface area contributed by atoms with Crippen LogP contribution in [-0.2, 0) is 20.9 Å². The van der Waals surface area contributed by atoms with Crippen molar-refractivity contribution < 1.29 is 14.3 Å². The Morgan fingerprint density at radius 1 is 1.37 bits per heavy atom. The van der Waals surface area contributed by atoms with Gasteiger partial charge in [0.2, 0.25) is 5.91 Å². The smallest absolute Gasteiger partial charge is 0.329 e. The predicted molar refractivity (Wildman–Crippen MR) is 71.2 cm³/mol. The second kappa shape index (κ2) is 6.18. The van der Waals surface area contributed by atoms with E-state index in [1.807, 2.05) is 30.3 Å². The van der Waals surface area contributed by atoms with Crippen molar-refractivity contribution in [3.8, 4) is 0 Å². The molecule has 1 aromatic rings. The maximum Gasteiger partial charge on any atom is 0.329 e. The molecule has 100 valence electrons.